The highest BCUT2D eigenvalue weighted by Gasteiger charge is 2.20. The first-order valence-electron chi connectivity index (χ1n) is 5.86. The minimum Gasteiger partial charge on any atom is -0.370 e. The van der Waals surface area contributed by atoms with Crippen molar-refractivity contribution in [3.8, 4) is 0 Å². The molecule has 0 aromatic rings. The molecule has 1 saturated heterocycles. The van der Waals surface area contributed by atoms with Crippen molar-refractivity contribution in [3.05, 3.63) is 0 Å². The summed E-state index contributed by atoms with van der Waals surface area (Å²) >= 11 is 0. The molecule has 0 spiro atoms. The molecule has 1 atom stereocenters. The summed E-state index contributed by atoms with van der Waals surface area (Å²) in [7, 11) is 0. The molecule has 0 aromatic heterocycles. The number of ether oxygens (including phenoxy) is 1. The monoisotopic (exact) mass is 214 g/mol. The lowest BCUT2D eigenvalue weighted by molar-refractivity contribution is -0.143. The third-order valence-electron chi connectivity index (χ3n) is 2.70. The Bertz CT molecular complexity index is 197. The van der Waals surface area contributed by atoms with Crippen LogP contribution in [0.15, 0.2) is 0 Å². The van der Waals surface area contributed by atoms with Gasteiger partial charge in [-0.2, -0.15) is 0 Å². The zero-order valence-corrected chi connectivity index (χ0v) is 9.79. The van der Waals surface area contributed by atoms with Crippen LogP contribution in [0.4, 0.5) is 0 Å². The smallest absolute Gasteiger partial charge is 0.248 e. The Morgan fingerprint density at radius 3 is 2.93 bits per heavy atom. The molecule has 0 aliphatic carbocycles. The SMILES string of the molecule is CCCNC(CC)CN1CCOCC1=O. The molecule has 0 bridgehead atoms. The third kappa shape index (κ3) is 4.18. The number of carbonyl (C=O) groups excluding carboxylic acids is 1. The fourth-order valence-electron chi connectivity index (χ4n) is 1.70. The molecule has 1 rings (SSSR count). The molecule has 88 valence electrons. The number of amides is 1. The van der Waals surface area contributed by atoms with Crippen LogP contribution in [-0.2, 0) is 9.53 Å². The van der Waals surface area contributed by atoms with Crippen LogP contribution in [0, 0.1) is 0 Å². The topological polar surface area (TPSA) is 41.6 Å². The van der Waals surface area contributed by atoms with E-state index in [2.05, 4.69) is 19.2 Å². The van der Waals surface area contributed by atoms with E-state index >= 15 is 0 Å². The second-order valence-corrected chi connectivity index (χ2v) is 3.95. The van der Waals surface area contributed by atoms with Crippen LogP contribution in [0.5, 0.6) is 0 Å². The van der Waals surface area contributed by atoms with Gasteiger partial charge in [0.25, 0.3) is 0 Å². The molecule has 0 saturated carbocycles. The third-order valence-corrected chi connectivity index (χ3v) is 2.70. The van der Waals surface area contributed by atoms with Gasteiger partial charge in [0.1, 0.15) is 6.61 Å². The van der Waals surface area contributed by atoms with E-state index in [4.69, 9.17) is 4.74 Å². The molecule has 4 nitrogen and oxygen atoms in total. The van der Waals surface area contributed by atoms with E-state index in [1.165, 1.54) is 0 Å². The van der Waals surface area contributed by atoms with Crippen molar-refractivity contribution in [3.63, 3.8) is 0 Å². The zero-order valence-electron chi connectivity index (χ0n) is 9.79. The van der Waals surface area contributed by atoms with Gasteiger partial charge in [-0.1, -0.05) is 13.8 Å². The number of rotatable bonds is 6. The van der Waals surface area contributed by atoms with Crippen molar-refractivity contribution >= 4 is 5.91 Å². The van der Waals surface area contributed by atoms with E-state index in [-0.39, 0.29) is 12.5 Å². The minimum atomic E-state index is 0.123. The molecule has 15 heavy (non-hydrogen) atoms. The van der Waals surface area contributed by atoms with Crippen molar-refractivity contribution in [1.29, 1.82) is 0 Å². The second-order valence-electron chi connectivity index (χ2n) is 3.95. The van der Waals surface area contributed by atoms with Crippen molar-refractivity contribution in [2.45, 2.75) is 32.7 Å². The van der Waals surface area contributed by atoms with Crippen molar-refractivity contribution in [1.82, 2.24) is 10.2 Å². The molecule has 1 aliphatic heterocycles. The standard InChI is InChI=1S/C11H22N2O2/c1-3-5-12-10(4-2)8-13-6-7-15-9-11(13)14/h10,12H,3-9H2,1-2H3. The summed E-state index contributed by atoms with van der Waals surface area (Å²) in [5.41, 5.74) is 0. The minimum absolute atomic E-state index is 0.123. The first kappa shape index (κ1) is 12.5. The van der Waals surface area contributed by atoms with Crippen LogP contribution in [0.1, 0.15) is 26.7 Å². The first-order valence-corrected chi connectivity index (χ1v) is 5.86. The molecule has 0 radical (unpaired) electrons. The molecule has 0 aromatic carbocycles. The van der Waals surface area contributed by atoms with E-state index in [0.29, 0.717) is 12.6 Å². The van der Waals surface area contributed by atoms with E-state index in [1.54, 1.807) is 0 Å². The van der Waals surface area contributed by atoms with Crippen molar-refractivity contribution in [2.24, 2.45) is 0 Å². The maximum absolute atomic E-state index is 11.5. The van der Waals surface area contributed by atoms with E-state index in [9.17, 15) is 4.79 Å². The average molecular weight is 214 g/mol. The summed E-state index contributed by atoms with van der Waals surface area (Å²) in [6, 6.07) is 0.423. The number of hydrogen-bond donors (Lipinski definition) is 1. The van der Waals surface area contributed by atoms with Crippen LogP contribution in [0.25, 0.3) is 0 Å². The lowest BCUT2D eigenvalue weighted by atomic mass is 10.2. The molecule has 1 aliphatic rings. The maximum Gasteiger partial charge on any atom is 0.248 e. The first-order chi connectivity index (χ1) is 7.27. The Morgan fingerprint density at radius 2 is 2.33 bits per heavy atom. The predicted molar refractivity (Wildman–Crippen MR) is 59.8 cm³/mol. The van der Waals surface area contributed by atoms with Crippen LogP contribution in [0.3, 0.4) is 0 Å². The Labute approximate surface area is 92.0 Å². The average Bonchev–Trinajstić information content (AvgIpc) is 2.26. The van der Waals surface area contributed by atoms with Crippen LogP contribution in [0.2, 0.25) is 0 Å². The number of nitrogens with one attached hydrogen (secondary N) is 1. The van der Waals surface area contributed by atoms with Crippen LogP contribution < -0.4 is 5.32 Å². The van der Waals surface area contributed by atoms with Gasteiger partial charge in [-0.3, -0.25) is 4.79 Å². The summed E-state index contributed by atoms with van der Waals surface area (Å²) in [4.78, 5) is 13.4. The second kappa shape index (κ2) is 6.80. The summed E-state index contributed by atoms with van der Waals surface area (Å²) in [6.07, 6.45) is 2.19. The molecular weight excluding hydrogens is 192 g/mol. The normalized spacial score (nSPS) is 19.3. The number of hydrogen-bond acceptors (Lipinski definition) is 3. The Balaban J connectivity index is 2.32. The van der Waals surface area contributed by atoms with Gasteiger partial charge in [0.2, 0.25) is 5.91 Å². The van der Waals surface area contributed by atoms with Gasteiger partial charge in [0, 0.05) is 19.1 Å². The van der Waals surface area contributed by atoms with Crippen molar-refractivity contribution in [2.75, 3.05) is 32.8 Å². The highest BCUT2D eigenvalue weighted by molar-refractivity contribution is 5.78. The highest BCUT2D eigenvalue weighted by atomic mass is 16.5. The summed E-state index contributed by atoms with van der Waals surface area (Å²) in [5.74, 6) is 0.123. The fraction of sp³-hybridized carbons (Fsp3) is 0.909. The molecular formula is C11H22N2O2. The van der Waals surface area contributed by atoms with Gasteiger partial charge in [-0.25, -0.2) is 0 Å². The van der Waals surface area contributed by atoms with Gasteiger partial charge in [0.15, 0.2) is 0 Å². The van der Waals surface area contributed by atoms with Gasteiger partial charge in [-0.15, -0.1) is 0 Å². The Morgan fingerprint density at radius 1 is 1.53 bits per heavy atom. The zero-order chi connectivity index (χ0) is 11.1. The van der Waals surface area contributed by atoms with E-state index < -0.39 is 0 Å². The van der Waals surface area contributed by atoms with Crippen LogP contribution >= 0.6 is 0 Å². The summed E-state index contributed by atoms with van der Waals surface area (Å²) in [5, 5.41) is 3.45. The number of morpholine rings is 1. The predicted octanol–water partition coefficient (Wildman–Crippen LogP) is 0.623. The lowest BCUT2D eigenvalue weighted by Gasteiger charge is -2.30. The van der Waals surface area contributed by atoms with Crippen LogP contribution in [-0.4, -0.2) is 49.7 Å². The molecule has 1 heterocycles. The molecule has 1 N–H and O–H groups in total. The Hall–Kier alpha value is -0.610. The van der Waals surface area contributed by atoms with E-state index in [1.807, 2.05) is 4.90 Å². The molecule has 4 heteroatoms. The number of carbonyl (C=O) groups is 1. The molecule has 1 unspecified atom stereocenters. The van der Waals surface area contributed by atoms with Gasteiger partial charge in [0.05, 0.1) is 6.61 Å². The maximum atomic E-state index is 11.5. The highest BCUT2D eigenvalue weighted by Crippen LogP contribution is 2.02. The fourth-order valence-corrected chi connectivity index (χ4v) is 1.70. The van der Waals surface area contributed by atoms with Gasteiger partial charge >= 0.3 is 0 Å². The molecule has 1 amide bonds. The quantitative estimate of drug-likeness (QED) is 0.705. The van der Waals surface area contributed by atoms with Crippen molar-refractivity contribution < 1.29 is 9.53 Å². The Kier molecular flexibility index (Phi) is 5.65. The van der Waals surface area contributed by atoms with Gasteiger partial charge in [-0.05, 0) is 19.4 Å². The largest absolute Gasteiger partial charge is 0.370 e. The van der Waals surface area contributed by atoms with E-state index in [0.717, 1.165) is 32.5 Å². The van der Waals surface area contributed by atoms with Gasteiger partial charge < -0.3 is 15.0 Å². The molecule has 1 fully saturated rings. The number of nitrogens with zero attached hydrogens (tertiary/aromatic N) is 1. The lowest BCUT2D eigenvalue weighted by Crippen LogP contribution is -2.48. The summed E-state index contributed by atoms with van der Waals surface area (Å²) < 4.78 is 5.10. The summed E-state index contributed by atoms with van der Waals surface area (Å²) in [6.45, 7) is 7.82.